The number of nitrogens with one attached hydrogen (secondary N) is 1. The highest BCUT2D eigenvalue weighted by atomic mass is 32.1. The molecular formula is C28H28N6O3S. The third kappa shape index (κ3) is 3.64. The molecule has 0 aromatic carbocycles. The second kappa shape index (κ2) is 8.68. The summed E-state index contributed by atoms with van der Waals surface area (Å²) in [5, 5.41) is 13.0. The van der Waals surface area contributed by atoms with Gasteiger partial charge in [-0.05, 0) is 37.5 Å². The molecule has 3 aromatic rings. The Balaban J connectivity index is 1.41. The quantitative estimate of drug-likeness (QED) is 0.517. The molecule has 9 nitrogen and oxygen atoms in total. The van der Waals surface area contributed by atoms with Gasteiger partial charge in [-0.1, -0.05) is 13.8 Å². The van der Waals surface area contributed by atoms with Crippen molar-refractivity contribution in [3.63, 3.8) is 0 Å². The molecule has 3 aliphatic rings. The highest BCUT2D eigenvalue weighted by Crippen LogP contribution is 2.63. The van der Waals surface area contributed by atoms with Crippen LogP contribution in [0.25, 0.3) is 21.3 Å². The molecule has 1 N–H and O–H groups in total. The molecule has 0 unspecified atom stereocenters. The number of hydrogen-bond donors (Lipinski definition) is 1. The van der Waals surface area contributed by atoms with Gasteiger partial charge >= 0.3 is 0 Å². The van der Waals surface area contributed by atoms with Crippen LogP contribution in [0.2, 0.25) is 0 Å². The number of nitrogens with zero attached hydrogens (tertiary/aromatic N) is 5. The fraction of sp³-hybridized carbons (Fsp3) is 0.429. The van der Waals surface area contributed by atoms with Gasteiger partial charge in [0, 0.05) is 47.9 Å². The summed E-state index contributed by atoms with van der Waals surface area (Å²) >= 11 is 1.45. The molecule has 1 aliphatic carbocycles. The first-order chi connectivity index (χ1) is 18.1. The van der Waals surface area contributed by atoms with Crippen molar-refractivity contribution >= 4 is 39.3 Å². The number of nitriles is 1. The molecule has 2 aliphatic heterocycles. The van der Waals surface area contributed by atoms with Crippen LogP contribution in [0.5, 0.6) is 0 Å². The van der Waals surface area contributed by atoms with Gasteiger partial charge in [-0.15, -0.1) is 11.3 Å². The van der Waals surface area contributed by atoms with Crippen molar-refractivity contribution < 1.29 is 14.4 Å². The number of carbonyl (C=O) groups excluding carboxylic acids is 3. The van der Waals surface area contributed by atoms with E-state index >= 15 is 0 Å². The van der Waals surface area contributed by atoms with Crippen molar-refractivity contribution in [1.82, 2.24) is 25.1 Å². The SMILES string of the molecule is Cc1nc(C#N)cc(-c2ccnc3cc(CN4C(=O)[C@H]5[C@H](C4=O)C5(C)C)sc23)c1C(=O)N1CCNC[C@@H]1C. The smallest absolute Gasteiger partial charge is 0.256 e. The maximum atomic E-state index is 13.8. The first kappa shape index (κ1) is 24.6. The number of thiophene rings is 1. The topological polar surface area (TPSA) is 119 Å². The van der Waals surface area contributed by atoms with Gasteiger partial charge < -0.3 is 10.2 Å². The maximum Gasteiger partial charge on any atom is 0.256 e. The van der Waals surface area contributed by atoms with E-state index in [1.54, 1.807) is 19.2 Å². The molecular weight excluding hydrogens is 500 g/mol. The van der Waals surface area contributed by atoms with E-state index in [0.717, 1.165) is 21.7 Å². The summed E-state index contributed by atoms with van der Waals surface area (Å²) in [6, 6.07) is 7.56. The second-order valence-corrected chi connectivity index (χ2v) is 12.1. The highest BCUT2D eigenvalue weighted by molar-refractivity contribution is 7.19. The monoisotopic (exact) mass is 528 g/mol. The number of hydrogen-bond acceptors (Lipinski definition) is 8. The number of aromatic nitrogens is 2. The first-order valence-electron chi connectivity index (χ1n) is 12.8. The van der Waals surface area contributed by atoms with Crippen molar-refractivity contribution in [3.8, 4) is 17.2 Å². The lowest BCUT2D eigenvalue weighted by Gasteiger charge is -2.34. The molecule has 0 radical (unpaired) electrons. The summed E-state index contributed by atoms with van der Waals surface area (Å²) in [7, 11) is 0. The number of imide groups is 1. The molecule has 3 aromatic heterocycles. The molecule has 2 saturated heterocycles. The van der Waals surface area contributed by atoms with Gasteiger partial charge in [-0.25, -0.2) is 4.98 Å². The van der Waals surface area contributed by atoms with Crippen molar-refractivity contribution in [2.24, 2.45) is 17.3 Å². The molecule has 0 bridgehead atoms. The lowest BCUT2D eigenvalue weighted by atomic mass is 9.96. The third-order valence-electron chi connectivity index (χ3n) is 8.25. The molecule has 6 rings (SSSR count). The molecule has 10 heteroatoms. The van der Waals surface area contributed by atoms with Crippen LogP contribution in [0.15, 0.2) is 24.4 Å². The summed E-state index contributed by atoms with van der Waals surface area (Å²) < 4.78 is 0.837. The normalized spacial score (nSPS) is 24.0. The van der Waals surface area contributed by atoms with Gasteiger partial charge in [0.1, 0.15) is 11.8 Å². The molecule has 1 saturated carbocycles. The largest absolute Gasteiger partial charge is 0.333 e. The minimum Gasteiger partial charge on any atom is -0.333 e. The molecule has 5 heterocycles. The second-order valence-electron chi connectivity index (χ2n) is 11.0. The number of piperidine rings is 1. The van der Waals surface area contributed by atoms with Gasteiger partial charge in [-0.2, -0.15) is 5.26 Å². The summed E-state index contributed by atoms with van der Waals surface area (Å²) in [6.07, 6.45) is 1.68. The van der Waals surface area contributed by atoms with Crippen LogP contribution >= 0.6 is 11.3 Å². The van der Waals surface area contributed by atoms with Crippen LogP contribution in [-0.4, -0.2) is 63.2 Å². The predicted molar refractivity (Wildman–Crippen MR) is 142 cm³/mol. The van der Waals surface area contributed by atoms with E-state index in [0.29, 0.717) is 35.4 Å². The fourth-order valence-corrected chi connectivity index (χ4v) is 7.22. The summed E-state index contributed by atoms with van der Waals surface area (Å²) in [6.45, 7) is 9.95. The summed E-state index contributed by atoms with van der Waals surface area (Å²) in [5.74, 6) is -0.749. The van der Waals surface area contributed by atoms with Crippen LogP contribution in [-0.2, 0) is 16.1 Å². The van der Waals surface area contributed by atoms with Crippen molar-refractivity contribution in [3.05, 3.63) is 46.2 Å². The summed E-state index contributed by atoms with van der Waals surface area (Å²) in [5.41, 5.74) is 3.11. The Bertz CT molecular complexity index is 1550. The van der Waals surface area contributed by atoms with E-state index in [-0.39, 0.29) is 53.3 Å². The fourth-order valence-electron chi connectivity index (χ4n) is 6.09. The van der Waals surface area contributed by atoms with Crippen molar-refractivity contribution in [1.29, 1.82) is 5.26 Å². The maximum absolute atomic E-state index is 13.8. The van der Waals surface area contributed by atoms with Gasteiger partial charge in [-0.3, -0.25) is 24.3 Å². The molecule has 194 valence electrons. The van der Waals surface area contributed by atoms with Crippen LogP contribution in [0.4, 0.5) is 0 Å². The van der Waals surface area contributed by atoms with Crippen LogP contribution < -0.4 is 5.32 Å². The number of pyridine rings is 2. The summed E-state index contributed by atoms with van der Waals surface area (Å²) in [4.78, 5) is 52.6. The minimum atomic E-state index is -0.248. The zero-order chi connectivity index (χ0) is 26.9. The molecule has 3 fully saturated rings. The molecule has 0 spiro atoms. The number of amides is 3. The van der Waals surface area contributed by atoms with E-state index in [9.17, 15) is 19.6 Å². The van der Waals surface area contributed by atoms with E-state index in [1.807, 2.05) is 37.8 Å². The Kier molecular flexibility index (Phi) is 5.63. The molecule has 3 amide bonds. The van der Waals surface area contributed by atoms with Gasteiger partial charge in [0.2, 0.25) is 11.8 Å². The van der Waals surface area contributed by atoms with Gasteiger partial charge in [0.15, 0.2) is 0 Å². The Morgan fingerprint density at radius 1 is 1.24 bits per heavy atom. The zero-order valence-electron chi connectivity index (χ0n) is 21.7. The van der Waals surface area contributed by atoms with Crippen LogP contribution in [0.3, 0.4) is 0 Å². The molecule has 38 heavy (non-hydrogen) atoms. The van der Waals surface area contributed by atoms with E-state index in [4.69, 9.17) is 0 Å². The zero-order valence-corrected chi connectivity index (χ0v) is 22.6. The van der Waals surface area contributed by atoms with Crippen LogP contribution in [0, 0.1) is 35.5 Å². The molecule has 3 atom stereocenters. The first-order valence-corrected chi connectivity index (χ1v) is 13.6. The lowest BCUT2D eigenvalue weighted by molar-refractivity contribution is -0.143. The van der Waals surface area contributed by atoms with Gasteiger partial charge in [0.25, 0.3) is 5.91 Å². The number of fused-ring (bicyclic) bond motifs is 2. The minimum absolute atomic E-state index is 0.0247. The van der Waals surface area contributed by atoms with Crippen molar-refractivity contribution in [2.45, 2.75) is 40.3 Å². The van der Waals surface area contributed by atoms with E-state index in [2.05, 4.69) is 21.4 Å². The number of carbonyl (C=O) groups is 3. The Hall–Kier alpha value is -3.68. The number of likely N-dealkylation sites (tertiary alicyclic amines) is 1. The average Bonchev–Trinajstić information content (AvgIpc) is 3.13. The Morgan fingerprint density at radius 3 is 2.66 bits per heavy atom. The average molecular weight is 529 g/mol. The van der Waals surface area contributed by atoms with E-state index in [1.165, 1.54) is 16.2 Å². The van der Waals surface area contributed by atoms with E-state index < -0.39 is 0 Å². The predicted octanol–water partition coefficient (Wildman–Crippen LogP) is 3.11. The lowest BCUT2D eigenvalue weighted by Crippen LogP contribution is -2.52. The number of rotatable bonds is 4. The number of piperazine rings is 1. The third-order valence-corrected chi connectivity index (χ3v) is 9.39. The Morgan fingerprint density at radius 2 is 1.97 bits per heavy atom. The standard InChI is InChI=1S/C28H28N6O3S/c1-14-12-30-7-8-33(14)25(35)21-15(2)32-16(11-29)9-19(21)18-5-6-31-20-10-17(38-24(18)20)13-34-26(36)22-23(27(34)37)28(22,3)4/h5-6,9-10,14,22-23,30H,7-8,12-13H2,1-4H3/t14-,22+,23+/m0/s1. The Labute approximate surface area is 224 Å². The van der Waals surface area contributed by atoms with Crippen molar-refractivity contribution in [2.75, 3.05) is 19.6 Å². The highest BCUT2D eigenvalue weighted by Gasteiger charge is 2.72. The van der Waals surface area contributed by atoms with Gasteiger partial charge in [0.05, 0.1) is 39.9 Å². The van der Waals surface area contributed by atoms with Crippen LogP contribution in [0.1, 0.15) is 47.4 Å². The number of aryl methyl sites for hydroxylation is 1.